The first kappa shape index (κ1) is 20.1. The van der Waals surface area contributed by atoms with Gasteiger partial charge < -0.3 is 14.4 Å². The van der Waals surface area contributed by atoms with Crippen LogP contribution in [-0.2, 0) is 13.1 Å². The van der Waals surface area contributed by atoms with Crippen molar-refractivity contribution in [2.24, 2.45) is 0 Å². The molecule has 1 aliphatic heterocycles. The van der Waals surface area contributed by atoms with Gasteiger partial charge in [0.25, 0.3) is 0 Å². The van der Waals surface area contributed by atoms with Crippen LogP contribution in [-0.4, -0.2) is 50.8 Å². The van der Waals surface area contributed by atoms with Crippen molar-refractivity contribution in [2.75, 3.05) is 26.3 Å². The highest BCUT2D eigenvalue weighted by Gasteiger charge is 2.24. The van der Waals surface area contributed by atoms with Crippen LogP contribution in [0.5, 0.6) is 5.75 Å². The topological polar surface area (TPSA) is 63.4 Å². The van der Waals surface area contributed by atoms with Crippen molar-refractivity contribution in [3.63, 3.8) is 0 Å². The lowest BCUT2D eigenvalue weighted by atomic mass is 9.95. The molecule has 3 aromatic rings. The molecule has 1 aliphatic rings. The molecule has 0 radical (unpaired) electrons. The van der Waals surface area contributed by atoms with E-state index < -0.39 is 0 Å². The number of aliphatic hydroxyl groups excluding tert-OH is 1. The fourth-order valence-corrected chi connectivity index (χ4v) is 4.58. The lowest BCUT2D eigenvalue weighted by molar-refractivity contribution is 0.196. The van der Waals surface area contributed by atoms with E-state index in [1.165, 1.54) is 11.4 Å². The second kappa shape index (κ2) is 9.52. The van der Waals surface area contributed by atoms with Crippen LogP contribution in [0.1, 0.15) is 40.8 Å². The number of aliphatic hydroxyl groups is 1. The lowest BCUT2D eigenvalue weighted by Crippen LogP contribution is -2.33. The van der Waals surface area contributed by atoms with E-state index in [9.17, 15) is 0 Å². The molecule has 4 rings (SSSR count). The first-order valence-corrected chi connectivity index (χ1v) is 11.1. The van der Waals surface area contributed by atoms with Crippen LogP contribution in [0.4, 0.5) is 0 Å². The number of rotatable bonds is 8. The van der Waals surface area contributed by atoms with Crippen molar-refractivity contribution in [1.82, 2.24) is 19.4 Å². The maximum Gasteiger partial charge on any atom is 0.119 e. The van der Waals surface area contributed by atoms with Crippen LogP contribution < -0.4 is 4.74 Å². The van der Waals surface area contributed by atoms with Gasteiger partial charge in [-0.3, -0.25) is 4.90 Å². The number of likely N-dealkylation sites (tertiary alicyclic amines) is 1. The maximum absolute atomic E-state index is 8.92. The number of nitrogens with zero attached hydrogens (tertiary/aromatic N) is 4. The molecule has 1 saturated heterocycles. The van der Waals surface area contributed by atoms with E-state index in [0.717, 1.165) is 55.5 Å². The lowest BCUT2D eigenvalue weighted by Gasteiger charge is -2.32. The fourth-order valence-electron chi connectivity index (χ4n) is 3.97. The summed E-state index contributed by atoms with van der Waals surface area (Å²) in [6.45, 7) is 6.28. The Hall–Kier alpha value is -2.22. The zero-order chi connectivity index (χ0) is 20.1. The van der Waals surface area contributed by atoms with E-state index in [1.54, 1.807) is 11.3 Å². The summed E-state index contributed by atoms with van der Waals surface area (Å²) in [5.74, 6) is 2.51. The zero-order valence-electron chi connectivity index (χ0n) is 16.8. The Balaban J connectivity index is 1.33. The van der Waals surface area contributed by atoms with Crippen LogP contribution in [0, 0.1) is 6.92 Å². The molecule has 1 aromatic carbocycles. The van der Waals surface area contributed by atoms with Gasteiger partial charge in [0.05, 0.1) is 23.9 Å². The molecule has 7 heteroatoms. The third-order valence-electron chi connectivity index (χ3n) is 5.36. The number of benzene rings is 1. The van der Waals surface area contributed by atoms with Crippen molar-refractivity contribution in [3.05, 3.63) is 64.1 Å². The molecule has 0 aliphatic carbocycles. The summed E-state index contributed by atoms with van der Waals surface area (Å²) in [5.41, 5.74) is 2.37. The molecular formula is C22H28N4O2S. The first-order valence-electron chi connectivity index (χ1n) is 10.2. The average molecular weight is 413 g/mol. The van der Waals surface area contributed by atoms with Crippen LogP contribution in [0.15, 0.2) is 42.0 Å². The van der Waals surface area contributed by atoms with Gasteiger partial charge in [0.1, 0.15) is 18.2 Å². The van der Waals surface area contributed by atoms with Gasteiger partial charge in [0.15, 0.2) is 0 Å². The van der Waals surface area contributed by atoms with Gasteiger partial charge in [0, 0.05) is 30.2 Å². The highest BCUT2D eigenvalue weighted by atomic mass is 32.1. The number of thiazole rings is 1. The molecule has 154 valence electrons. The summed E-state index contributed by atoms with van der Waals surface area (Å²) in [6.07, 6.45) is 6.23. The van der Waals surface area contributed by atoms with Gasteiger partial charge in [-0.05, 0) is 50.6 Å². The minimum Gasteiger partial charge on any atom is -0.491 e. The molecule has 0 unspecified atom stereocenters. The molecule has 3 heterocycles. The Kier molecular flexibility index (Phi) is 6.59. The largest absolute Gasteiger partial charge is 0.491 e. The number of aromatic nitrogens is 3. The van der Waals surface area contributed by atoms with Gasteiger partial charge in [-0.2, -0.15) is 0 Å². The molecule has 1 N–H and O–H groups in total. The van der Waals surface area contributed by atoms with Crippen LogP contribution in [0.3, 0.4) is 0 Å². The Bertz CT molecular complexity index is 915. The zero-order valence-corrected chi connectivity index (χ0v) is 17.6. The van der Waals surface area contributed by atoms with Crippen LogP contribution in [0.25, 0.3) is 0 Å². The normalized spacial score (nSPS) is 15.7. The number of hydrogen-bond acceptors (Lipinski definition) is 6. The average Bonchev–Trinajstić information content (AvgIpc) is 3.36. The van der Waals surface area contributed by atoms with E-state index in [-0.39, 0.29) is 6.61 Å². The molecule has 29 heavy (non-hydrogen) atoms. The van der Waals surface area contributed by atoms with E-state index in [4.69, 9.17) is 9.84 Å². The molecule has 0 bridgehead atoms. The number of imidazole rings is 1. The smallest absolute Gasteiger partial charge is 0.119 e. The molecule has 0 amide bonds. The second-order valence-corrected chi connectivity index (χ2v) is 8.60. The van der Waals surface area contributed by atoms with E-state index >= 15 is 0 Å². The van der Waals surface area contributed by atoms with Gasteiger partial charge in [-0.25, -0.2) is 9.97 Å². The Morgan fingerprint density at radius 3 is 2.86 bits per heavy atom. The SMILES string of the molecule is Cc1nc(Cn2ccnc2C2CCN(Cc3cccc(OCCO)c3)CC2)cs1. The molecule has 0 saturated carbocycles. The van der Waals surface area contributed by atoms with Crippen LogP contribution in [0.2, 0.25) is 0 Å². The predicted molar refractivity (Wildman–Crippen MR) is 114 cm³/mol. The highest BCUT2D eigenvalue weighted by molar-refractivity contribution is 7.09. The van der Waals surface area contributed by atoms with Crippen molar-refractivity contribution in [2.45, 2.75) is 38.8 Å². The third kappa shape index (κ3) is 5.23. The molecule has 1 fully saturated rings. The number of ether oxygens (including phenoxy) is 1. The standard InChI is InChI=1S/C22H28N4O2S/c1-17-24-20(16-29-17)15-26-10-7-23-22(26)19-5-8-25(9-6-19)14-18-3-2-4-21(13-18)28-12-11-27/h2-4,7,10,13,16,19,27H,5-6,8-9,11-12,14-15H2,1H3. The molecule has 0 atom stereocenters. The van der Waals surface area contributed by atoms with Gasteiger partial charge in [-0.1, -0.05) is 12.1 Å². The summed E-state index contributed by atoms with van der Waals surface area (Å²) in [4.78, 5) is 11.8. The van der Waals surface area contributed by atoms with Crippen molar-refractivity contribution >= 4 is 11.3 Å². The first-order chi connectivity index (χ1) is 14.2. The number of aryl methyl sites for hydroxylation is 1. The molecular weight excluding hydrogens is 384 g/mol. The van der Waals surface area contributed by atoms with Gasteiger partial charge in [0.2, 0.25) is 0 Å². The fraction of sp³-hybridized carbons (Fsp3) is 0.455. The predicted octanol–water partition coefficient (Wildman–Crippen LogP) is 3.45. The summed E-state index contributed by atoms with van der Waals surface area (Å²) < 4.78 is 7.79. The number of piperidine rings is 1. The second-order valence-electron chi connectivity index (χ2n) is 7.54. The van der Waals surface area contributed by atoms with E-state index in [0.29, 0.717) is 12.5 Å². The van der Waals surface area contributed by atoms with Gasteiger partial charge >= 0.3 is 0 Å². The van der Waals surface area contributed by atoms with Gasteiger partial charge in [-0.15, -0.1) is 11.3 Å². The monoisotopic (exact) mass is 412 g/mol. The minimum atomic E-state index is 0.0373. The van der Waals surface area contributed by atoms with Crippen LogP contribution >= 0.6 is 11.3 Å². The van der Waals surface area contributed by atoms with E-state index in [2.05, 4.69) is 43.1 Å². The Morgan fingerprint density at radius 2 is 2.10 bits per heavy atom. The molecule has 0 spiro atoms. The van der Waals surface area contributed by atoms with Crippen molar-refractivity contribution in [1.29, 1.82) is 0 Å². The van der Waals surface area contributed by atoms with Crippen molar-refractivity contribution in [3.8, 4) is 5.75 Å². The van der Waals surface area contributed by atoms with Crippen molar-refractivity contribution < 1.29 is 9.84 Å². The summed E-state index contributed by atoms with van der Waals surface area (Å²) in [5, 5.41) is 12.2. The molecule has 2 aromatic heterocycles. The minimum absolute atomic E-state index is 0.0373. The summed E-state index contributed by atoms with van der Waals surface area (Å²) >= 11 is 1.70. The summed E-state index contributed by atoms with van der Waals surface area (Å²) in [7, 11) is 0. The highest BCUT2D eigenvalue weighted by Crippen LogP contribution is 2.28. The maximum atomic E-state index is 8.92. The third-order valence-corrected chi connectivity index (χ3v) is 6.19. The summed E-state index contributed by atoms with van der Waals surface area (Å²) in [6, 6.07) is 8.17. The quantitative estimate of drug-likeness (QED) is 0.614. The number of hydrogen-bond donors (Lipinski definition) is 1. The Morgan fingerprint density at radius 1 is 1.24 bits per heavy atom. The molecule has 6 nitrogen and oxygen atoms in total. The van der Waals surface area contributed by atoms with E-state index in [1.807, 2.05) is 25.3 Å². The Labute approximate surface area is 175 Å².